The van der Waals surface area contributed by atoms with E-state index in [2.05, 4.69) is 21.2 Å². The molecule has 0 spiro atoms. The molecule has 0 radical (unpaired) electrons. The molecule has 1 atom stereocenters. The average Bonchev–Trinajstić information content (AvgIpc) is 2.96. The number of carbonyl (C=O) groups is 2. The van der Waals surface area contributed by atoms with Gasteiger partial charge >= 0.3 is 0 Å². The van der Waals surface area contributed by atoms with E-state index in [9.17, 15) is 22.4 Å². The van der Waals surface area contributed by atoms with Gasteiger partial charge in [-0.25, -0.2) is 12.8 Å². The summed E-state index contributed by atoms with van der Waals surface area (Å²) in [6, 6.07) is 19.3. The number of aryl methyl sites for hydroxylation is 1. The molecule has 0 unspecified atom stereocenters. The van der Waals surface area contributed by atoms with Gasteiger partial charge in [0.25, 0.3) is 0 Å². The fourth-order valence-electron chi connectivity index (χ4n) is 5.28. The average molecular weight is 659 g/mol. The lowest BCUT2D eigenvalue weighted by Gasteiger charge is -2.35. The van der Waals surface area contributed by atoms with Crippen LogP contribution in [0.15, 0.2) is 77.3 Å². The van der Waals surface area contributed by atoms with Gasteiger partial charge in [0, 0.05) is 23.5 Å². The van der Waals surface area contributed by atoms with Gasteiger partial charge in [-0.15, -0.1) is 0 Å². The topological polar surface area (TPSA) is 86.8 Å². The summed E-state index contributed by atoms with van der Waals surface area (Å²) in [5, 5.41) is 3.17. The van der Waals surface area contributed by atoms with Gasteiger partial charge in [0.2, 0.25) is 21.8 Å². The number of hydrogen-bond acceptors (Lipinski definition) is 4. The second-order valence-corrected chi connectivity index (χ2v) is 13.7. The highest BCUT2D eigenvalue weighted by atomic mass is 79.9. The number of halogens is 2. The summed E-state index contributed by atoms with van der Waals surface area (Å²) in [5.41, 5.74) is 2.64. The summed E-state index contributed by atoms with van der Waals surface area (Å²) in [6.45, 7) is 1.34. The van der Waals surface area contributed by atoms with Crippen molar-refractivity contribution in [3.05, 3.63) is 99.8 Å². The highest BCUT2D eigenvalue weighted by molar-refractivity contribution is 9.10. The number of amides is 2. The first-order valence-electron chi connectivity index (χ1n) is 14.1. The number of nitrogens with one attached hydrogen (secondary N) is 1. The second-order valence-electron chi connectivity index (χ2n) is 10.9. The molecule has 2 amide bonds. The maximum absolute atomic E-state index is 14.2. The summed E-state index contributed by atoms with van der Waals surface area (Å²) < 4.78 is 41.5. The monoisotopic (exact) mass is 657 g/mol. The first-order valence-corrected chi connectivity index (χ1v) is 16.8. The second kappa shape index (κ2) is 14.3. The zero-order valence-corrected chi connectivity index (χ0v) is 26.3. The molecule has 224 valence electrons. The number of sulfonamides is 1. The molecule has 3 aromatic carbocycles. The molecule has 1 fully saturated rings. The van der Waals surface area contributed by atoms with E-state index < -0.39 is 34.3 Å². The highest BCUT2D eigenvalue weighted by Crippen LogP contribution is 2.26. The largest absolute Gasteiger partial charge is 0.352 e. The molecule has 0 aliphatic heterocycles. The predicted octanol–water partition coefficient (Wildman–Crippen LogP) is 5.75. The molecule has 1 aliphatic carbocycles. The highest BCUT2D eigenvalue weighted by Gasteiger charge is 2.34. The van der Waals surface area contributed by atoms with E-state index in [1.165, 1.54) is 17.0 Å². The number of carbonyl (C=O) groups excluding carboxylic acids is 2. The number of hydrogen-bond donors (Lipinski definition) is 1. The van der Waals surface area contributed by atoms with Crippen LogP contribution in [0.5, 0.6) is 0 Å². The van der Waals surface area contributed by atoms with Crippen LogP contribution >= 0.6 is 15.9 Å². The van der Waals surface area contributed by atoms with E-state index in [0.29, 0.717) is 11.3 Å². The summed E-state index contributed by atoms with van der Waals surface area (Å²) >= 11 is 3.44. The Morgan fingerprint density at radius 3 is 2.26 bits per heavy atom. The number of anilines is 1. The van der Waals surface area contributed by atoms with Crippen molar-refractivity contribution in [2.24, 2.45) is 0 Å². The fourth-order valence-corrected chi connectivity index (χ4v) is 6.37. The van der Waals surface area contributed by atoms with Gasteiger partial charge in [-0.05, 0) is 66.8 Å². The van der Waals surface area contributed by atoms with Gasteiger partial charge < -0.3 is 10.2 Å². The maximum Gasteiger partial charge on any atom is 0.244 e. The molecule has 3 aromatic rings. The molecule has 0 aromatic heterocycles. The van der Waals surface area contributed by atoms with Gasteiger partial charge in [0.15, 0.2) is 0 Å². The first kappa shape index (κ1) is 31.7. The van der Waals surface area contributed by atoms with Crippen LogP contribution in [0.25, 0.3) is 0 Å². The standard InChI is InChI=1S/C32H37BrFN3O4S/c1-23-19-28(17-18-29(23)33)37(42(2,40)41)22-31(38)36(21-25-13-15-26(34)16-14-25)30(20-24-9-5-3-6-10-24)32(39)35-27-11-7-4-8-12-27/h3,5-6,9-10,13-19,27,30H,4,7-8,11-12,20-22H2,1-2H3,(H,35,39)/t30-/m1/s1. The molecule has 1 aliphatic rings. The molecule has 7 nitrogen and oxygen atoms in total. The third kappa shape index (κ3) is 8.64. The van der Waals surface area contributed by atoms with E-state index in [-0.39, 0.29) is 24.9 Å². The van der Waals surface area contributed by atoms with Crippen molar-refractivity contribution >= 4 is 43.5 Å². The van der Waals surface area contributed by atoms with Crippen LogP contribution in [0, 0.1) is 12.7 Å². The molecule has 0 saturated heterocycles. The van der Waals surface area contributed by atoms with Gasteiger partial charge in [-0.1, -0.05) is 77.7 Å². The lowest BCUT2D eigenvalue weighted by molar-refractivity contribution is -0.140. The Balaban J connectivity index is 1.72. The quantitative estimate of drug-likeness (QED) is 0.284. The van der Waals surface area contributed by atoms with Gasteiger partial charge in [0.1, 0.15) is 18.4 Å². The minimum absolute atomic E-state index is 0.00562. The van der Waals surface area contributed by atoms with Crippen molar-refractivity contribution in [2.45, 2.75) is 64.1 Å². The van der Waals surface area contributed by atoms with Crippen LogP contribution in [0.2, 0.25) is 0 Å². The van der Waals surface area contributed by atoms with Crippen molar-refractivity contribution < 1.29 is 22.4 Å². The molecular formula is C32H37BrFN3O4S. The van der Waals surface area contributed by atoms with Crippen molar-refractivity contribution in [3.63, 3.8) is 0 Å². The first-order chi connectivity index (χ1) is 20.0. The Hall–Kier alpha value is -3.24. The third-order valence-corrected chi connectivity index (χ3v) is 9.63. The van der Waals surface area contributed by atoms with Crippen LogP contribution in [-0.4, -0.2) is 50.0 Å². The number of rotatable bonds is 11. The van der Waals surface area contributed by atoms with Crippen LogP contribution in [0.4, 0.5) is 10.1 Å². The third-order valence-electron chi connectivity index (χ3n) is 7.60. The molecule has 1 saturated carbocycles. The molecule has 1 N–H and O–H groups in total. The minimum Gasteiger partial charge on any atom is -0.352 e. The summed E-state index contributed by atoms with van der Waals surface area (Å²) in [4.78, 5) is 29.6. The number of nitrogens with zero attached hydrogens (tertiary/aromatic N) is 2. The van der Waals surface area contributed by atoms with Crippen molar-refractivity contribution in [1.82, 2.24) is 10.2 Å². The summed E-state index contributed by atoms with van der Waals surface area (Å²) in [5.74, 6) is -1.24. The zero-order chi connectivity index (χ0) is 30.3. The van der Waals surface area contributed by atoms with Crippen LogP contribution in [-0.2, 0) is 32.6 Å². The lowest BCUT2D eigenvalue weighted by Crippen LogP contribution is -2.55. The predicted molar refractivity (Wildman–Crippen MR) is 167 cm³/mol. The van der Waals surface area contributed by atoms with Crippen LogP contribution in [0.1, 0.15) is 48.8 Å². The molecule has 0 bridgehead atoms. The fraction of sp³-hybridized carbons (Fsp3) is 0.375. The summed E-state index contributed by atoms with van der Waals surface area (Å²) in [6.07, 6.45) is 6.24. The Morgan fingerprint density at radius 2 is 1.64 bits per heavy atom. The number of benzene rings is 3. The lowest BCUT2D eigenvalue weighted by atomic mass is 9.94. The van der Waals surface area contributed by atoms with Crippen molar-refractivity contribution in [2.75, 3.05) is 17.1 Å². The van der Waals surface area contributed by atoms with E-state index in [0.717, 1.165) is 58.3 Å². The molecule has 10 heteroatoms. The molecule has 4 rings (SSSR count). The van der Waals surface area contributed by atoms with E-state index in [4.69, 9.17) is 0 Å². The van der Waals surface area contributed by atoms with Crippen LogP contribution in [0.3, 0.4) is 0 Å². The zero-order valence-electron chi connectivity index (χ0n) is 23.9. The van der Waals surface area contributed by atoms with E-state index in [1.54, 1.807) is 30.3 Å². The maximum atomic E-state index is 14.2. The summed E-state index contributed by atoms with van der Waals surface area (Å²) in [7, 11) is -3.86. The van der Waals surface area contributed by atoms with Gasteiger partial charge in [-0.2, -0.15) is 0 Å². The van der Waals surface area contributed by atoms with Gasteiger partial charge in [0.05, 0.1) is 11.9 Å². The Bertz CT molecular complexity index is 1480. The van der Waals surface area contributed by atoms with Crippen molar-refractivity contribution in [1.29, 1.82) is 0 Å². The van der Waals surface area contributed by atoms with E-state index in [1.807, 2.05) is 37.3 Å². The van der Waals surface area contributed by atoms with Gasteiger partial charge in [-0.3, -0.25) is 13.9 Å². The minimum atomic E-state index is -3.86. The molecular weight excluding hydrogens is 621 g/mol. The van der Waals surface area contributed by atoms with Crippen LogP contribution < -0.4 is 9.62 Å². The Labute approximate surface area is 256 Å². The molecule has 42 heavy (non-hydrogen) atoms. The van der Waals surface area contributed by atoms with Crippen molar-refractivity contribution in [3.8, 4) is 0 Å². The molecule has 0 heterocycles. The Kier molecular flexibility index (Phi) is 10.8. The normalized spacial score (nSPS) is 14.7. The smallest absolute Gasteiger partial charge is 0.244 e. The SMILES string of the molecule is Cc1cc(N(CC(=O)N(Cc2ccc(F)cc2)[C@H](Cc2ccccc2)C(=O)NC2CCCCC2)S(C)(=O)=O)ccc1Br. The van der Waals surface area contributed by atoms with E-state index >= 15 is 0 Å². The Morgan fingerprint density at radius 1 is 0.976 bits per heavy atom.